The Labute approximate surface area is 143 Å². The Hall–Kier alpha value is -0.0900. The van der Waals surface area contributed by atoms with E-state index in [9.17, 15) is 4.57 Å². The van der Waals surface area contributed by atoms with Crippen LogP contribution in [0.3, 0.4) is 0 Å². The second-order valence-corrected chi connectivity index (χ2v) is 6.26. The lowest BCUT2D eigenvalue weighted by atomic mass is 10.7. The molecule has 24 heavy (non-hydrogen) atoms. The molecule has 0 atom stereocenters. The number of ether oxygens (including phenoxy) is 5. The van der Waals surface area contributed by atoms with Gasteiger partial charge in [0, 0.05) is 6.61 Å². The summed E-state index contributed by atoms with van der Waals surface area (Å²) in [6.45, 7) is 7.88. The highest BCUT2D eigenvalue weighted by molar-refractivity contribution is 7.48. The zero-order chi connectivity index (χ0) is 17.3. The van der Waals surface area contributed by atoms with Gasteiger partial charge < -0.3 is 23.7 Å². The molecule has 0 spiro atoms. The third kappa shape index (κ3) is 12.3. The number of hydrogen-bond donors (Lipinski definition) is 0. The molecule has 0 aromatic rings. The lowest BCUT2D eigenvalue weighted by Crippen LogP contribution is -2.13. The lowest BCUT2D eigenvalue weighted by Gasteiger charge is -2.10. The fourth-order valence-corrected chi connectivity index (χ4v) is 2.76. The van der Waals surface area contributed by atoms with E-state index in [0.29, 0.717) is 79.3 Å². The smallest absolute Gasteiger partial charge is 0.379 e. The molecule has 1 saturated heterocycles. The van der Waals surface area contributed by atoms with Gasteiger partial charge in [0.1, 0.15) is 0 Å². The number of phosphoric ester groups is 1. The molecule has 1 aliphatic rings. The van der Waals surface area contributed by atoms with E-state index < -0.39 is 7.82 Å². The molecule has 144 valence electrons. The first-order chi connectivity index (χ1) is 11.8. The molecule has 0 aromatic carbocycles. The molecular weight excluding hydrogens is 343 g/mol. The summed E-state index contributed by atoms with van der Waals surface area (Å²) in [6.07, 6.45) is 0. The molecule has 0 saturated carbocycles. The van der Waals surface area contributed by atoms with Crippen LogP contribution < -0.4 is 0 Å². The average molecular weight is 372 g/mol. The van der Waals surface area contributed by atoms with Crippen molar-refractivity contribution in [3.8, 4) is 0 Å². The van der Waals surface area contributed by atoms with Crippen molar-refractivity contribution in [3.05, 3.63) is 0 Å². The van der Waals surface area contributed by atoms with Crippen molar-refractivity contribution >= 4 is 7.82 Å². The van der Waals surface area contributed by atoms with Gasteiger partial charge in [0.2, 0.25) is 0 Å². The van der Waals surface area contributed by atoms with Crippen molar-refractivity contribution in [1.82, 2.24) is 0 Å². The molecule has 0 radical (unpaired) electrons. The van der Waals surface area contributed by atoms with Gasteiger partial charge in [0.25, 0.3) is 0 Å². The van der Waals surface area contributed by atoms with E-state index in [-0.39, 0.29) is 6.61 Å². The largest absolute Gasteiger partial charge is 0.475 e. The summed E-state index contributed by atoms with van der Waals surface area (Å²) in [5, 5.41) is 0. The first kappa shape index (κ1) is 22.0. The normalized spacial score (nSPS) is 16.7. The third-order valence-electron chi connectivity index (χ3n) is 2.75. The van der Waals surface area contributed by atoms with Crippen LogP contribution in [0, 0.1) is 0 Å². The third-order valence-corrected chi connectivity index (χ3v) is 4.25. The number of phosphoric acid groups is 1. The lowest BCUT2D eigenvalue weighted by molar-refractivity contribution is -0.0125. The summed E-state index contributed by atoms with van der Waals surface area (Å²) in [4.78, 5) is 0. The van der Waals surface area contributed by atoms with Crippen molar-refractivity contribution in [2.24, 2.45) is 0 Å². The van der Waals surface area contributed by atoms with E-state index in [0.717, 1.165) is 0 Å². The van der Waals surface area contributed by atoms with Crippen LogP contribution >= 0.6 is 7.82 Å². The molecule has 0 aliphatic carbocycles. The fourth-order valence-electron chi connectivity index (χ4n) is 1.64. The number of hydrogen-bond acceptors (Lipinski definition) is 9. The Morgan fingerprint density at radius 1 is 0.667 bits per heavy atom. The van der Waals surface area contributed by atoms with Crippen LogP contribution in [0.1, 0.15) is 6.92 Å². The van der Waals surface area contributed by atoms with Gasteiger partial charge in [0.05, 0.1) is 79.3 Å². The Morgan fingerprint density at radius 2 is 1.04 bits per heavy atom. The summed E-state index contributed by atoms with van der Waals surface area (Å²) in [7, 11) is -3.30. The predicted octanol–water partition coefficient (Wildman–Crippen LogP) is 1.26. The zero-order valence-corrected chi connectivity index (χ0v) is 15.2. The maximum absolute atomic E-state index is 11.6. The van der Waals surface area contributed by atoms with Crippen molar-refractivity contribution in [2.45, 2.75) is 6.92 Å². The molecule has 10 heteroatoms. The van der Waals surface area contributed by atoms with Gasteiger partial charge in [-0.3, -0.25) is 13.6 Å². The van der Waals surface area contributed by atoms with E-state index in [4.69, 9.17) is 37.3 Å². The summed E-state index contributed by atoms with van der Waals surface area (Å²) >= 11 is 0. The van der Waals surface area contributed by atoms with E-state index in [1.165, 1.54) is 0 Å². The van der Waals surface area contributed by atoms with Gasteiger partial charge in [0.15, 0.2) is 0 Å². The topological polar surface area (TPSA) is 90.9 Å². The molecule has 1 heterocycles. The van der Waals surface area contributed by atoms with Gasteiger partial charge in [-0.15, -0.1) is 0 Å². The van der Waals surface area contributed by atoms with Crippen LogP contribution in [-0.4, -0.2) is 85.9 Å². The van der Waals surface area contributed by atoms with Crippen LogP contribution in [-0.2, 0) is 41.8 Å². The summed E-state index contributed by atoms with van der Waals surface area (Å²) in [5.41, 5.74) is 0. The second kappa shape index (κ2) is 15.2. The SMILES string of the molecule is CCOCCOCCOCCOCCOCCOP1(=O)OCCO1. The average Bonchev–Trinajstić information content (AvgIpc) is 3.01. The van der Waals surface area contributed by atoms with Crippen LogP contribution in [0.15, 0.2) is 0 Å². The van der Waals surface area contributed by atoms with Crippen molar-refractivity contribution in [3.63, 3.8) is 0 Å². The highest BCUT2D eigenvalue weighted by Crippen LogP contribution is 2.52. The Balaban J connectivity index is 1.70. The van der Waals surface area contributed by atoms with Gasteiger partial charge in [-0.1, -0.05) is 0 Å². The Bertz CT molecular complexity index is 319. The fraction of sp³-hybridized carbons (Fsp3) is 1.00. The van der Waals surface area contributed by atoms with Crippen LogP contribution in [0.2, 0.25) is 0 Å². The highest BCUT2D eigenvalue weighted by atomic mass is 31.2. The van der Waals surface area contributed by atoms with Gasteiger partial charge >= 0.3 is 7.82 Å². The van der Waals surface area contributed by atoms with Gasteiger partial charge in [-0.25, -0.2) is 4.57 Å². The summed E-state index contributed by atoms with van der Waals surface area (Å²) in [5.74, 6) is 0. The predicted molar refractivity (Wildman–Crippen MR) is 85.2 cm³/mol. The Kier molecular flexibility index (Phi) is 13.9. The highest BCUT2D eigenvalue weighted by Gasteiger charge is 2.31. The molecule has 1 fully saturated rings. The zero-order valence-electron chi connectivity index (χ0n) is 14.3. The minimum absolute atomic E-state index is 0.156. The van der Waals surface area contributed by atoms with Crippen molar-refractivity contribution in [2.75, 3.05) is 85.9 Å². The first-order valence-electron chi connectivity index (χ1n) is 8.19. The van der Waals surface area contributed by atoms with Crippen LogP contribution in [0.5, 0.6) is 0 Å². The molecule has 1 aliphatic heterocycles. The van der Waals surface area contributed by atoms with Crippen molar-refractivity contribution in [1.29, 1.82) is 0 Å². The van der Waals surface area contributed by atoms with E-state index in [2.05, 4.69) is 0 Å². The first-order valence-corrected chi connectivity index (χ1v) is 9.65. The quantitative estimate of drug-likeness (QED) is 0.276. The van der Waals surface area contributed by atoms with Crippen molar-refractivity contribution < 1.29 is 41.8 Å². The summed E-state index contributed by atoms with van der Waals surface area (Å²) < 4.78 is 52.7. The minimum atomic E-state index is -3.30. The molecule has 0 amide bonds. The molecule has 0 aromatic heterocycles. The van der Waals surface area contributed by atoms with E-state index in [1.807, 2.05) is 6.92 Å². The standard InChI is InChI=1S/C14H29O9P/c1-2-16-3-4-17-5-6-18-7-8-19-9-10-20-11-12-21-24(15)22-13-14-23-24/h2-14H2,1H3. The number of rotatable bonds is 17. The molecule has 1 rings (SSSR count). The molecule has 0 N–H and O–H groups in total. The van der Waals surface area contributed by atoms with E-state index >= 15 is 0 Å². The van der Waals surface area contributed by atoms with Crippen LogP contribution in [0.25, 0.3) is 0 Å². The van der Waals surface area contributed by atoms with Gasteiger partial charge in [-0.2, -0.15) is 0 Å². The maximum Gasteiger partial charge on any atom is 0.475 e. The maximum atomic E-state index is 11.6. The van der Waals surface area contributed by atoms with Crippen LogP contribution in [0.4, 0.5) is 0 Å². The molecule has 0 unspecified atom stereocenters. The molecule has 9 nitrogen and oxygen atoms in total. The van der Waals surface area contributed by atoms with Gasteiger partial charge in [-0.05, 0) is 6.92 Å². The molecular formula is C14H29O9P. The monoisotopic (exact) mass is 372 g/mol. The second-order valence-electron chi connectivity index (χ2n) is 4.59. The molecule has 0 bridgehead atoms. The Morgan fingerprint density at radius 3 is 1.46 bits per heavy atom. The van der Waals surface area contributed by atoms with E-state index in [1.54, 1.807) is 0 Å². The minimum Gasteiger partial charge on any atom is -0.379 e. The summed E-state index contributed by atoms with van der Waals surface area (Å²) in [6, 6.07) is 0.